The van der Waals surface area contributed by atoms with Crippen LogP contribution in [-0.2, 0) is 12.8 Å². The Kier molecular flexibility index (Phi) is 5.05. The molecule has 3 nitrogen and oxygen atoms in total. The van der Waals surface area contributed by atoms with Crippen LogP contribution in [-0.4, -0.2) is 26.4 Å². The van der Waals surface area contributed by atoms with Gasteiger partial charge in [0.2, 0.25) is 0 Å². The van der Waals surface area contributed by atoms with E-state index < -0.39 is 12.6 Å². The van der Waals surface area contributed by atoms with Crippen molar-refractivity contribution in [3.63, 3.8) is 0 Å². The number of rotatable bonds is 5. The van der Waals surface area contributed by atoms with E-state index in [1.54, 1.807) is 6.07 Å². The third kappa shape index (κ3) is 4.63. The van der Waals surface area contributed by atoms with Crippen molar-refractivity contribution in [3.05, 3.63) is 23.3 Å². The summed E-state index contributed by atoms with van der Waals surface area (Å²) in [6, 6.07) is 2.81. The Morgan fingerprint density at radius 2 is 1.58 bits per heavy atom. The minimum atomic E-state index is -4.29. The van der Waals surface area contributed by atoms with Crippen molar-refractivity contribution >= 4 is 0 Å². The molecule has 6 heteroatoms. The first-order valence-electron chi connectivity index (χ1n) is 5.83. The highest BCUT2D eigenvalue weighted by Crippen LogP contribution is 2.33. The molecule has 2 N–H and O–H groups in total. The lowest BCUT2D eigenvalue weighted by molar-refractivity contribution is -0.127. The number of ether oxygens (including phenoxy) is 2. The molecule has 0 heterocycles. The number of benzene rings is 1. The predicted molar refractivity (Wildman–Crippen MR) is 66.7 cm³/mol. The van der Waals surface area contributed by atoms with E-state index in [0.29, 0.717) is 12.2 Å². The maximum Gasteiger partial charge on any atom is 0.393 e. The first kappa shape index (κ1) is 15.6. The lowest BCUT2D eigenvalue weighted by Crippen LogP contribution is -2.19. The van der Waals surface area contributed by atoms with Crippen LogP contribution in [0.5, 0.6) is 11.5 Å². The summed E-state index contributed by atoms with van der Waals surface area (Å²) in [7, 11) is 2.77. The van der Waals surface area contributed by atoms with Crippen molar-refractivity contribution in [2.45, 2.75) is 32.0 Å². The van der Waals surface area contributed by atoms with E-state index in [0.717, 1.165) is 5.56 Å². The van der Waals surface area contributed by atoms with E-state index in [-0.39, 0.29) is 17.4 Å². The Labute approximate surface area is 110 Å². The minimum absolute atomic E-state index is 0.0558. The van der Waals surface area contributed by atoms with Crippen molar-refractivity contribution in [3.8, 4) is 11.5 Å². The van der Waals surface area contributed by atoms with Crippen LogP contribution in [0.3, 0.4) is 0 Å². The van der Waals surface area contributed by atoms with Gasteiger partial charge in [-0.3, -0.25) is 0 Å². The van der Waals surface area contributed by atoms with Gasteiger partial charge in [0.25, 0.3) is 0 Å². The molecule has 0 aliphatic carbocycles. The van der Waals surface area contributed by atoms with E-state index in [2.05, 4.69) is 0 Å². The standard InChI is InChI=1S/C13H18F3NO2/c1-8(17)4-9-5-12(19-3)10(6-11(9)18-2)7-13(14,15)16/h5-6,8H,4,7,17H2,1-3H3. The van der Waals surface area contributed by atoms with Gasteiger partial charge in [-0.05, 0) is 31.0 Å². The average molecular weight is 277 g/mol. The molecule has 0 aliphatic heterocycles. The first-order valence-corrected chi connectivity index (χ1v) is 5.83. The monoisotopic (exact) mass is 277 g/mol. The molecule has 0 saturated heterocycles. The van der Waals surface area contributed by atoms with Crippen LogP contribution in [0.25, 0.3) is 0 Å². The third-order valence-electron chi connectivity index (χ3n) is 2.62. The molecule has 0 aromatic heterocycles. The SMILES string of the molecule is COc1cc(CC(F)(F)F)c(OC)cc1CC(C)N. The van der Waals surface area contributed by atoms with Gasteiger partial charge in [-0.1, -0.05) is 0 Å². The zero-order chi connectivity index (χ0) is 14.6. The highest BCUT2D eigenvalue weighted by atomic mass is 19.4. The molecule has 1 aromatic rings. The molecule has 0 saturated carbocycles. The van der Waals surface area contributed by atoms with Crippen molar-refractivity contribution in [1.82, 2.24) is 0 Å². The molecule has 19 heavy (non-hydrogen) atoms. The van der Waals surface area contributed by atoms with Crippen molar-refractivity contribution in [1.29, 1.82) is 0 Å². The molecular weight excluding hydrogens is 259 g/mol. The van der Waals surface area contributed by atoms with E-state index in [1.165, 1.54) is 20.3 Å². The molecule has 1 aromatic carbocycles. The maximum atomic E-state index is 12.5. The largest absolute Gasteiger partial charge is 0.496 e. The van der Waals surface area contributed by atoms with Gasteiger partial charge in [-0.15, -0.1) is 0 Å². The molecule has 0 fully saturated rings. The average Bonchev–Trinajstić information content (AvgIpc) is 2.27. The smallest absolute Gasteiger partial charge is 0.393 e. The zero-order valence-corrected chi connectivity index (χ0v) is 11.2. The molecule has 0 spiro atoms. The molecule has 0 aliphatic rings. The molecular formula is C13H18F3NO2. The van der Waals surface area contributed by atoms with Gasteiger partial charge in [0.05, 0.1) is 20.6 Å². The lowest BCUT2D eigenvalue weighted by atomic mass is 10.0. The summed E-state index contributed by atoms with van der Waals surface area (Å²) in [4.78, 5) is 0. The Hall–Kier alpha value is -1.43. The summed E-state index contributed by atoms with van der Waals surface area (Å²) in [6.07, 6.45) is -4.84. The second-order valence-corrected chi connectivity index (χ2v) is 4.45. The number of methoxy groups -OCH3 is 2. The van der Waals surface area contributed by atoms with Crippen LogP contribution < -0.4 is 15.2 Å². The Bertz CT molecular complexity index is 431. The van der Waals surface area contributed by atoms with Gasteiger partial charge in [-0.25, -0.2) is 0 Å². The van der Waals surface area contributed by atoms with Gasteiger partial charge < -0.3 is 15.2 Å². The van der Waals surface area contributed by atoms with Crippen molar-refractivity contribution in [2.75, 3.05) is 14.2 Å². The molecule has 0 bridgehead atoms. The van der Waals surface area contributed by atoms with E-state index >= 15 is 0 Å². The Morgan fingerprint density at radius 3 is 2.00 bits per heavy atom. The van der Waals surface area contributed by atoms with Crippen LogP contribution in [0.2, 0.25) is 0 Å². The molecule has 1 rings (SSSR count). The highest BCUT2D eigenvalue weighted by molar-refractivity contribution is 5.47. The molecule has 0 radical (unpaired) electrons. The van der Waals surface area contributed by atoms with Gasteiger partial charge in [0.15, 0.2) is 0 Å². The third-order valence-corrected chi connectivity index (χ3v) is 2.62. The predicted octanol–water partition coefficient (Wildman–Crippen LogP) is 2.70. The fourth-order valence-corrected chi connectivity index (χ4v) is 1.88. The van der Waals surface area contributed by atoms with Gasteiger partial charge in [0.1, 0.15) is 11.5 Å². The second-order valence-electron chi connectivity index (χ2n) is 4.45. The fourth-order valence-electron chi connectivity index (χ4n) is 1.88. The number of nitrogens with two attached hydrogens (primary N) is 1. The summed E-state index contributed by atoms with van der Waals surface area (Å²) in [5.41, 5.74) is 6.50. The number of hydrogen-bond donors (Lipinski definition) is 1. The summed E-state index contributed by atoms with van der Waals surface area (Å²) in [5, 5.41) is 0. The molecule has 1 atom stereocenters. The topological polar surface area (TPSA) is 44.5 Å². The molecule has 108 valence electrons. The van der Waals surface area contributed by atoms with Crippen LogP contribution in [0.15, 0.2) is 12.1 Å². The normalized spacial score (nSPS) is 13.2. The second kappa shape index (κ2) is 6.14. The Balaban J connectivity index is 3.19. The summed E-state index contributed by atoms with van der Waals surface area (Å²) >= 11 is 0. The van der Waals surface area contributed by atoms with Crippen LogP contribution >= 0.6 is 0 Å². The maximum absolute atomic E-state index is 12.5. The minimum Gasteiger partial charge on any atom is -0.496 e. The van der Waals surface area contributed by atoms with Gasteiger partial charge >= 0.3 is 6.18 Å². The highest BCUT2D eigenvalue weighted by Gasteiger charge is 2.30. The fraction of sp³-hybridized carbons (Fsp3) is 0.538. The molecule has 1 unspecified atom stereocenters. The van der Waals surface area contributed by atoms with Gasteiger partial charge in [0, 0.05) is 11.6 Å². The zero-order valence-electron chi connectivity index (χ0n) is 11.2. The lowest BCUT2D eigenvalue weighted by Gasteiger charge is -2.17. The van der Waals surface area contributed by atoms with Gasteiger partial charge in [-0.2, -0.15) is 13.2 Å². The van der Waals surface area contributed by atoms with Crippen molar-refractivity contribution in [2.24, 2.45) is 5.73 Å². The molecule has 0 amide bonds. The first-order chi connectivity index (χ1) is 8.76. The van der Waals surface area contributed by atoms with Crippen LogP contribution in [0, 0.1) is 0 Å². The van der Waals surface area contributed by atoms with E-state index in [4.69, 9.17) is 15.2 Å². The summed E-state index contributed by atoms with van der Waals surface area (Å²) < 4.78 is 47.6. The Morgan fingerprint density at radius 1 is 1.11 bits per heavy atom. The van der Waals surface area contributed by atoms with E-state index in [9.17, 15) is 13.2 Å². The van der Waals surface area contributed by atoms with Crippen LogP contribution in [0.1, 0.15) is 18.1 Å². The van der Waals surface area contributed by atoms with E-state index in [1.807, 2.05) is 6.92 Å². The quantitative estimate of drug-likeness (QED) is 0.900. The van der Waals surface area contributed by atoms with Crippen LogP contribution in [0.4, 0.5) is 13.2 Å². The van der Waals surface area contributed by atoms with Crippen molar-refractivity contribution < 1.29 is 22.6 Å². The number of halogens is 3. The number of alkyl halides is 3. The number of hydrogen-bond acceptors (Lipinski definition) is 3. The summed E-state index contributed by atoms with van der Waals surface area (Å²) in [6.45, 7) is 1.82. The summed E-state index contributed by atoms with van der Waals surface area (Å²) in [5.74, 6) is 0.603.